The van der Waals surface area contributed by atoms with Crippen LogP contribution in [0, 0.1) is 5.82 Å². The van der Waals surface area contributed by atoms with E-state index < -0.39 is 0 Å². The Bertz CT molecular complexity index is 660. The summed E-state index contributed by atoms with van der Waals surface area (Å²) in [6.07, 6.45) is 3.46. The summed E-state index contributed by atoms with van der Waals surface area (Å²) in [4.78, 5) is 6.57. The van der Waals surface area contributed by atoms with Crippen molar-refractivity contribution in [2.45, 2.75) is 18.6 Å². The monoisotopic (exact) mass is 288 g/mol. The van der Waals surface area contributed by atoms with Crippen LogP contribution in [0.5, 0.6) is 0 Å². The molecule has 0 radical (unpaired) electrons. The zero-order valence-corrected chi connectivity index (χ0v) is 11.7. The van der Waals surface area contributed by atoms with Gasteiger partial charge >= 0.3 is 0 Å². The van der Waals surface area contributed by atoms with E-state index in [-0.39, 0.29) is 11.6 Å². The predicted molar refractivity (Wildman–Crippen MR) is 77.8 cm³/mol. The van der Waals surface area contributed by atoms with Crippen LogP contribution in [-0.4, -0.2) is 37.1 Å². The summed E-state index contributed by atoms with van der Waals surface area (Å²) in [6.45, 7) is 3.05. The first kappa shape index (κ1) is 13.0. The normalized spacial score (nSPS) is 21.3. The smallest absolute Gasteiger partial charge is 0.171 e. The molecule has 3 heterocycles. The molecule has 0 amide bonds. The molecule has 1 spiro atoms. The van der Waals surface area contributed by atoms with Crippen LogP contribution in [0.4, 0.5) is 10.1 Å². The van der Waals surface area contributed by atoms with Gasteiger partial charge in [0.15, 0.2) is 5.79 Å². The molecular weight excluding hydrogens is 271 g/mol. The summed E-state index contributed by atoms with van der Waals surface area (Å²) >= 11 is 0. The quantitative estimate of drug-likeness (QED) is 0.808. The lowest BCUT2D eigenvalue weighted by Crippen LogP contribution is -2.45. The fourth-order valence-corrected chi connectivity index (χ4v) is 3.25. The Kier molecular flexibility index (Phi) is 3.05. The Morgan fingerprint density at radius 1 is 1.10 bits per heavy atom. The fraction of sp³-hybridized carbons (Fsp3) is 0.438. The number of hydrogen-bond acceptors (Lipinski definition) is 4. The van der Waals surface area contributed by atoms with Crippen molar-refractivity contribution in [2.24, 2.45) is 0 Å². The highest BCUT2D eigenvalue weighted by molar-refractivity contribution is 5.91. The molecule has 0 atom stereocenters. The van der Waals surface area contributed by atoms with E-state index in [1.807, 2.05) is 6.07 Å². The van der Waals surface area contributed by atoms with Crippen molar-refractivity contribution < 1.29 is 13.9 Å². The summed E-state index contributed by atoms with van der Waals surface area (Å²) in [5.74, 6) is -0.613. The van der Waals surface area contributed by atoms with Gasteiger partial charge in [-0.3, -0.25) is 4.98 Å². The summed E-state index contributed by atoms with van der Waals surface area (Å²) in [6, 6.07) is 6.69. The van der Waals surface area contributed by atoms with Gasteiger partial charge < -0.3 is 14.4 Å². The number of fused-ring (bicyclic) bond motifs is 1. The lowest BCUT2D eigenvalue weighted by atomic mass is 10.0. The Labute approximate surface area is 122 Å². The molecule has 0 N–H and O–H groups in total. The summed E-state index contributed by atoms with van der Waals surface area (Å²) < 4.78 is 25.0. The molecule has 2 fully saturated rings. The second-order valence-corrected chi connectivity index (χ2v) is 5.59. The molecule has 21 heavy (non-hydrogen) atoms. The predicted octanol–water partition coefficient (Wildman–Crippen LogP) is 2.72. The van der Waals surface area contributed by atoms with Gasteiger partial charge in [-0.25, -0.2) is 4.39 Å². The van der Waals surface area contributed by atoms with Crippen molar-refractivity contribution in [3.05, 3.63) is 36.3 Å². The SMILES string of the molecule is Fc1ccc2nccc(N3CCC4(CC3)OCCO4)c2c1. The van der Waals surface area contributed by atoms with Gasteiger partial charge in [-0.1, -0.05) is 0 Å². The van der Waals surface area contributed by atoms with Gasteiger partial charge in [-0.15, -0.1) is 0 Å². The largest absolute Gasteiger partial charge is 0.371 e. The number of aromatic nitrogens is 1. The molecule has 1 aromatic carbocycles. The molecular formula is C16H17FN2O2. The Hall–Kier alpha value is -1.72. The molecule has 0 bridgehead atoms. The maximum absolute atomic E-state index is 13.5. The lowest BCUT2D eigenvalue weighted by molar-refractivity contribution is -0.169. The van der Waals surface area contributed by atoms with Gasteiger partial charge in [0.1, 0.15) is 5.82 Å². The summed E-state index contributed by atoms with van der Waals surface area (Å²) in [7, 11) is 0. The molecule has 5 heteroatoms. The fourth-order valence-electron chi connectivity index (χ4n) is 3.25. The van der Waals surface area contributed by atoms with Crippen molar-refractivity contribution in [3.63, 3.8) is 0 Å². The van der Waals surface area contributed by atoms with Crippen LogP contribution in [-0.2, 0) is 9.47 Å². The molecule has 4 nitrogen and oxygen atoms in total. The van der Waals surface area contributed by atoms with Crippen molar-refractivity contribution >= 4 is 16.6 Å². The van der Waals surface area contributed by atoms with E-state index in [4.69, 9.17) is 9.47 Å². The second-order valence-electron chi connectivity index (χ2n) is 5.59. The van der Waals surface area contributed by atoms with Crippen molar-refractivity contribution in [2.75, 3.05) is 31.2 Å². The maximum Gasteiger partial charge on any atom is 0.171 e. The number of halogens is 1. The number of hydrogen-bond donors (Lipinski definition) is 0. The minimum absolute atomic E-state index is 0.229. The first-order chi connectivity index (χ1) is 10.3. The molecule has 2 aliphatic heterocycles. The van der Waals surface area contributed by atoms with Gasteiger partial charge in [0.05, 0.1) is 18.7 Å². The van der Waals surface area contributed by atoms with Gasteiger partial charge in [-0.2, -0.15) is 0 Å². The molecule has 4 rings (SSSR count). The van der Waals surface area contributed by atoms with Crippen LogP contribution < -0.4 is 4.90 Å². The lowest BCUT2D eigenvalue weighted by Gasteiger charge is -2.39. The van der Waals surface area contributed by atoms with Crippen molar-refractivity contribution in [1.82, 2.24) is 4.98 Å². The average molecular weight is 288 g/mol. The molecule has 110 valence electrons. The standard InChI is InChI=1S/C16H17FN2O2/c17-12-1-2-14-13(11-12)15(3-6-18-14)19-7-4-16(5-8-19)20-9-10-21-16/h1-3,6,11H,4-5,7-10H2. The topological polar surface area (TPSA) is 34.6 Å². The third kappa shape index (κ3) is 2.26. The minimum atomic E-state index is -0.384. The highest BCUT2D eigenvalue weighted by Crippen LogP contribution is 2.35. The third-order valence-corrected chi connectivity index (χ3v) is 4.36. The average Bonchev–Trinajstić information content (AvgIpc) is 2.96. The number of anilines is 1. The highest BCUT2D eigenvalue weighted by Gasteiger charge is 2.39. The van der Waals surface area contributed by atoms with E-state index in [1.165, 1.54) is 6.07 Å². The van der Waals surface area contributed by atoms with Crippen molar-refractivity contribution in [3.8, 4) is 0 Å². The van der Waals surface area contributed by atoms with Gasteiger partial charge in [0, 0.05) is 43.2 Å². The van der Waals surface area contributed by atoms with Crippen LogP contribution in [0.1, 0.15) is 12.8 Å². The third-order valence-electron chi connectivity index (χ3n) is 4.36. The van der Waals surface area contributed by atoms with Crippen LogP contribution in [0.15, 0.2) is 30.5 Å². The summed E-state index contributed by atoms with van der Waals surface area (Å²) in [5, 5.41) is 0.863. The number of ether oxygens (including phenoxy) is 2. The van der Waals surface area contributed by atoms with E-state index in [2.05, 4.69) is 9.88 Å². The Morgan fingerprint density at radius 2 is 1.86 bits per heavy atom. The Balaban J connectivity index is 1.64. The number of nitrogens with zero attached hydrogens (tertiary/aromatic N) is 2. The zero-order valence-electron chi connectivity index (χ0n) is 11.7. The molecule has 0 unspecified atom stereocenters. The number of pyridine rings is 1. The molecule has 2 aromatic rings. The van der Waals surface area contributed by atoms with Crippen molar-refractivity contribution in [1.29, 1.82) is 0 Å². The molecule has 0 aliphatic carbocycles. The summed E-state index contributed by atoms with van der Waals surface area (Å²) in [5.41, 5.74) is 1.86. The minimum Gasteiger partial charge on any atom is -0.371 e. The van der Waals surface area contributed by atoms with Crippen LogP contribution in [0.2, 0.25) is 0 Å². The maximum atomic E-state index is 13.5. The molecule has 2 aliphatic rings. The van der Waals surface area contributed by atoms with Crippen LogP contribution >= 0.6 is 0 Å². The highest BCUT2D eigenvalue weighted by atomic mass is 19.1. The van der Waals surface area contributed by atoms with E-state index >= 15 is 0 Å². The molecule has 2 saturated heterocycles. The van der Waals surface area contributed by atoms with E-state index in [0.717, 1.165) is 42.5 Å². The first-order valence-corrected chi connectivity index (χ1v) is 7.33. The first-order valence-electron chi connectivity index (χ1n) is 7.33. The number of piperidine rings is 1. The number of benzene rings is 1. The van der Waals surface area contributed by atoms with E-state index in [1.54, 1.807) is 18.3 Å². The number of rotatable bonds is 1. The van der Waals surface area contributed by atoms with Crippen LogP contribution in [0.3, 0.4) is 0 Å². The molecule has 0 saturated carbocycles. The van der Waals surface area contributed by atoms with Gasteiger partial charge in [-0.05, 0) is 24.3 Å². The van der Waals surface area contributed by atoms with E-state index in [9.17, 15) is 4.39 Å². The zero-order chi connectivity index (χ0) is 14.3. The van der Waals surface area contributed by atoms with E-state index in [0.29, 0.717) is 13.2 Å². The Morgan fingerprint density at radius 3 is 2.62 bits per heavy atom. The van der Waals surface area contributed by atoms with Crippen LogP contribution in [0.25, 0.3) is 10.9 Å². The molecule has 1 aromatic heterocycles. The second kappa shape index (κ2) is 4.93. The van der Waals surface area contributed by atoms with Gasteiger partial charge in [0.2, 0.25) is 0 Å². The van der Waals surface area contributed by atoms with Gasteiger partial charge in [0.25, 0.3) is 0 Å².